The Labute approximate surface area is 148 Å². The third kappa shape index (κ3) is 3.18. The maximum Gasteiger partial charge on any atom is 0.223 e. The predicted octanol–water partition coefficient (Wildman–Crippen LogP) is 1.97. The molecule has 2 aliphatic rings. The number of rotatable bonds is 4. The van der Waals surface area contributed by atoms with E-state index in [0.717, 1.165) is 50.3 Å². The monoisotopic (exact) mass is 339 g/mol. The van der Waals surface area contributed by atoms with Gasteiger partial charge in [0.1, 0.15) is 5.82 Å². The molecule has 4 heterocycles. The summed E-state index contributed by atoms with van der Waals surface area (Å²) in [6, 6.07) is 4.00. The van der Waals surface area contributed by atoms with Crippen LogP contribution in [0.5, 0.6) is 0 Å². The standard InChI is InChI=1S/C19H25N5O/c1-22-12-9-21-17(22)15-23-10-6-19(7-11-23)5-4-18(25)24(19)14-16-3-2-8-20-13-16/h2-3,8-9,12-13H,4-7,10-11,14-15H2,1H3. The largest absolute Gasteiger partial charge is 0.337 e. The number of aryl methyl sites for hydroxylation is 1. The predicted molar refractivity (Wildman–Crippen MR) is 94.5 cm³/mol. The molecule has 4 rings (SSSR count). The van der Waals surface area contributed by atoms with E-state index >= 15 is 0 Å². The number of hydrogen-bond acceptors (Lipinski definition) is 4. The van der Waals surface area contributed by atoms with Crippen molar-refractivity contribution in [2.45, 2.75) is 44.3 Å². The maximum atomic E-state index is 12.5. The lowest BCUT2D eigenvalue weighted by Gasteiger charge is -2.45. The molecular weight excluding hydrogens is 314 g/mol. The lowest BCUT2D eigenvalue weighted by atomic mass is 9.84. The third-order valence-electron chi connectivity index (χ3n) is 5.81. The summed E-state index contributed by atoms with van der Waals surface area (Å²) in [5.41, 5.74) is 1.15. The lowest BCUT2D eigenvalue weighted by Crippen LogP contribution is -2.52. The van der Waals surface area contributed by atoms with E-state index in [0.29, 0.717) is 18.9 Å². The molecular formula is C19H25N5O. The Morgan fingerprint density at radius 3 is 2.68 bits per heavy atom. The highest BCUT2D eigenvalue weighted by Gasteiger charge is 2.46. The molecule has 2 aromatic rings. The van der Waals surface area contributed by atoms with E-state index in [9.17, 15) is 4.79 Å². The first kappa shape index (κ1) is 16.3. The number of carbonyl (C=O) groups excluding carboxylic acids is 1. The first-order chi connectivity index (χ1) is 12.2. The smallest absolute Gasteiger partial charge is 0.223 e. The summed E-state index contributed by atoms with van der Waals surface area (Å²) >= 11 is 0. The number of imidazole rings is 1. The number of nitrogens with zero attached hydrogens (tertiary/aromatic N) is 5. The average molecular weight is 339 g/mol. The molecule has 2 aliphatic heterocycles. The molecule has 6 heteroatoms. The Balaban J connectivity index is 1.43. The molecule has 2 fully saturated rings. The quantitative estimate of drug-likeness (QED) is 0.855. The van der Waals surface area contributed by atoms with Crippen molar-refractivity contribution in [3.05, 3.63) is 48.3 Å². The number of carbonyl (C=O) groups is 1. The highest BCUT2D eigenvalue weighted by Crippen LogP contribution is 2.40. The van der Waals surface area contributed by atoms with Crippen molar-refractivity contribution in [2.75, 3.05) is 13.1 Å². The summed E-state index contributed by atoms with van der Waals surface area (Å²) in [5.74, 6) is 1.40. The highest BCUT2D eigenvalue weighted by atomic mass is 16.2. The van der Waals surface area contributed by atoms with Gasteiger partial charge in [-0.25, -0.2) is 4.98 Å². The van der Waals surface area contributed by atoms with Crippen LogP contribution in [0, 0.1) is 0 Å². The molecule has 0 aliphatic carbocycles. The lowest BCUT2D eigenvalue weighted by molar-refractivity contribution is -0.133. The second-order valence-electron chi connectivity index (χ2n) is 7.30. The minimum absolute atomic E-state index is 0.0328. The van der Waals surface area contributed by atoms with Crippen LogP contribution in [0.15, 0.2) is 36.9 Å². The second kappa shape index (κ2) is 6.59. The molecule has 0 atom stereocenters. The summed E-state index contributed by atoms with van der Waals surface area (Å²) in [6.45, 7) is 3.61. The van der Waals surface area contributed by atoms with E-state index in [1.807, 2.05) is 31.7 Å². The molecule has 0 bridgehead atoms. The van der Waals surface area contributed by atoms with Crippen molar-refractivity contribution >= 4 is 5.91 Å². The summed E-state index contributed by atoms with van der Waals surface area (Å²) in [5, 5.41) is 0. The molecule has 25 heavy (non-hydrogen) atoms. The zero-order valence-electron chi connectivity index (χ0n) is 14.8. The molecule has 2 saturated heterocycles. The van der Waals surface area contributed by atoms with Gasteiger partial charge >= 0.3 is 0 Å². The van der Waals surface area contributed by atoms with Gasteiger partial charge in [0.05, 0.1) is 6.54 Å². The fourth-order valence-electron chi connectivity index (χ4n) is 4.20. The Morgan fingerprint density at radius 2 is 2.00 bits per heavy atom. The molecule has 0 aromatic carbocycles. The highest BCUT2D eigenvalue weighted by molar-refractivity contribution is 5.79. The summed E-state index contributed by atoms with van der Waals surface area (Å²) in [6.07, 6.45) is 11.3. The number of pyridine rings is 1. The number of piperidine rings is 1. The molecule has 132 valence electrons. The molecule has 2 aromatic heterocycles. The zero-order chi connectivity index (χ0) is 17.3. The molecule has 1 amide bonds. The third-order valence-corrected chi connectivity index (χ3v) is 5.81. The van der Waals surface area contributed by atoms with Gasteiger partial charge in [-0.3, -0.25) is 14.7 Å². The molecule has 0 N–H and O–H groups in total. The van der Waals surface area contributed by atoms with Gasteiger partial charge in [-0.05, 0) is 30.9 Å². The Hall–Kier alpha value is -2.21. The number of likely N-dealkylation sites (tertiary alicyclic amines) is 2. The van der Waals surface area contributed by atoms with Gasteiger partial charge in [-0.15, -0.1) is 0 Å². The first-order valence-electron chi connectivity index (χ1n) is 9.04. The summed E-state index contributed by atoms with van der Waals surface area (Å²) in [7, 11) is 2.04. The van der Waals surface area contributed by atoms with Gasteiger partial charge in [-0.2, -0.15) is 0 Å². The SMILES string of the molecule is Cn1ccnc1CN1CCC2(CCC(=O)N2Cc2cccnc2)CC1. The van der Waals surface area contributed by atoms with E-state index in [1.54, 1.807) is 6.20 Å². The first-order valence-corrected chi connectivity index (χ1v) is 9.04. The van der Waals surface area contributed by atoms with Gasteiger partial charge in [0.15, 0.2) is 0 Å². The van der Waals surface area contributed by atoms with Crippen LogP contribution < -0.4 is 0 Å². The van der Waals surface area contributed by atoms with E-state index in [4.69, 9.17) is 0 Å². The van der Waals surface area contributed by atoms with Crippen molar-refractivity contribution < 1.29 is 4.79 Å². The number of amides is 1. The topological polar surface area (TPSA) is 54.3 Å². The molecule has 6 nitrogen and oxygen atoms in total. The second-order valence-corrected chi connectivity index (χ2v) is 7.30. The van der Waals surface area contributed by atoms with Gasteiger partial charge in [0.25, 0.3) is 0 Å². The van der Waals surface area contributed by atoms with Crippen molar-refractivity contribution in [3.63, 3.8) is 0 Å². The van der Waals surface area contributed by atoms with Crippen LogP contribution in [0.25, 0.3) is 0 Å². The zero-order valence-corrected chi connectivity index (χ0v) is 14.8. The van der Waals surface area contributed by atoms with Gasteiger partial charge in [0, 0.05) is 63.4 Å². The Kier molecular flexibility index (Phi) is 4.29. The molecule has 0 unspecified atom stereocenters. The van der Waals surface area contributed by atoms with Crippen molar-refractivity contribution in [1.82, 2.24) is 24.3 Å². The van der Waals surface area contributed by atoms with Crippen LogP contribution in [0.4, 0.5) is 0 Å². The average Bonchev–Trinajstić information content (AvgIpc) is 3.17. The fourth-order valence-corrected chi connectivity index (χ4v) is 4.20. The van der Waals surface area contributed by atoms with Gasteiger partial charge in [-0.1, -0.05) is 6.07 Å². The van der Waals surface area contributed by atoms with Crippen molar-refractivity contribution in [3.8, 4) is 0 Å². The number of aromatic nitrogens is 3. The molecule has 0 saturated carbocycles. The van der Waals surface area contributed by atoms with Crippen LogP contribution in [-0.2, 0) is 24.9 Å². The molecule has 1 spiro atoms. The minimum Gasteiger partial charge on any atom is -0.337 e. The summed E-state index contributed by atoms with van der Waals surface area (Å²) in [4.78, 5) is 25.7. The maximum absolute atomic E-state index is 12.5. The van der Waals surface area contributed by atoms with Gasteiger partial charge < -0.3 is 9.47 Å². The van der Waals surface area contributed by atoms with Crippen LogP contribution in [0.1, 0.15) is 37.1 Å². The van der Waals surface area contributed by atoms with Crippen molar-refractivity contribution in [1.29, 1.82) is 0 Å². The fraction of sp³-hybridized carbons (Fsp3) is 0.526. The van der Waals surface area contributed by atoms with Gasteiger partial charge in [0.2, 0.25) is 5.91 Å². The number of hydrogen-bond donors (Lipinski definition) is 0. The van der Waals surface area contributed by atoms with E-state index in [2.05, 4.69) is 30.4 Å². The van der Waals surface area contributed by atoms with Crippen LogP contribution in [0.3, 0.4) is 0 Å². The van der Waals surface area contributed by atoms with Crippen LogP contribution >= 0.6 is 0 Å². The van der Waals surface area contributed by atoms with Crippen molar-refractivity contribution in [2.24, 2.45) is 7.05 Å². The van der Waals surface area contributed by atoms with E-state index in [1.165, 1.54) is 0 Å². The minimum atomic E-state index is 0.0328. The Bertz CT molecular complexity index is 733. The molecule has 0 radical (unpaired) electrons. The Morgan fingerprint density at radius 1 is 1.16 bits per heavy atom. The normalized spacial score (nSPS) is 20.5. The van der Waals surface area contributed by atoms with E-state index < -0.39 is 0 Å². The summed E-state index contributed by atoms with van der Waals surface area (Å²) < 4.78 is 2.08. The van der Waals surface area contributed by atoms with Crippen LogP contribution in [-0.4, -0.2) is 48.9 Å². The van der Waals surface area contributed by atoms with Crippen LogP contribution in [0.2, 0.25) is 0 Å². The van der Waals surface area contributed by atoms with E-state index in [-0.39, 0.29) is 5.54 Å².